The van der Waals surface area contributed by atoms with Gasteiger partial charge in [0, 0.05) is 35.0 Å². The van der Waals surface area contributed by atoms with Crippen molar-refractivity contribution in [1.29, 1.82) is 0 Å². The minimum absolute atomic E-state index is 0.146. The predicted octanol–water partition coefficient (Wildman–Crippen LogP) is 4.37. The Morgan fingerprint density at radius 3 is 2.69 bits per heavy atom. The van der Waals surface area contributed by atoms with E-state index < -0.39 is 17.5 Å². The molecule has 2 aliphatic heterocycles. The highest BCUT2D eigenvalue weighted by Crippen LogP contribution is 2.41. The van der Waals surface area contributed by atoms with Crippen LogP contribution in [0.5, 0.6) is 5.75 Å². The van der Waals surface area contributed by atoms with E-state index in [1.54, 1.807) is 29.7 Å². The van der Waals surface area contributed by atoms with E-state index in [4.69, 9.17) is 14.5 Å². The number of unbranched alkanes of at least 4 members (excludes halogenated alkanes) is 3. The first-order valence-electron chi connectivity index (χ1n) is 13.7. The molecule has 0 amide bonds. The number of fused-ring (bicyclic) bond motifs is 5. The summed E-state index contributed by atoms with van der Waals surface area (Å²) >= 11 is 0. The van der Waals surface area contributed by atoms with Gasteiger partial charge in [-0.1, -0.05) is 33.1 Å². The second-order valence-electron chi connectivity index (χ2n) is 10.7. The number of rotatable bonds is 9. The van der Waals surface area contributed by atoms with E-state index in [9.17, 15) is 19.5 Å². The maximum atomic E-state index is 13.7. The minimum Gasteiger partial charge on any atom is -0.508 e. The van der Waals surface area contributed by atoms with E-state index in [1.807, 2.05) is 25.1 Å². The van der Waals surface area contributed by atoms with E-state index in [0.29, 0.717) is 47.5 Å². The molecule has 5 rings (SSSR count). The number of nitrogens with zero attached hydrogens (tertiary/aromatic N) is 3. The van der Waals surface area contributed by atoms with Gasteiger partial charge in [-0.2, -0.15) is 0 Å². The molecule has 9 heteroatoms. The van der Waals surface area contributed by atoms with Gasteiger partial charge >= 0.3 is 11.9 Å². The van der Waals surface area contributed by atoms with Crippen LogP contribution in [-0.2, 0) is 44.4 Å². The van der Waals surface area contributed by atoms with Crippen LogP contribution in [0.2, 0.25) is 0 Å². The Morgan fingerprint density at radius 2 is 1.97 bits per heavy atom. The molecule has 4 heterocycles. The first-order valence-corrected chi connectivity index (χ1v) is 13.7. The van der Waals surface area contributed by atoms with Gasteiger partial charge < -0.3 is 24.0 Å². The van der Waals surface area contributed by atoms with E-state index in [-0.39, 0.29) is 30.8 Å². The molecule has 0 aliphatic carbocycles. The van der Waals surface area contributed by atoms with Crippen molar-refractivity contribution in [1.82, 2.24) is 14.5 Å². The van der Waals surface area contributed by atoms with Crippen LogP contribution < -0.4 is 5.56 Å². The maximum Gasteiger partial charge on any atom is 0.355 e. The van der Waals surface area contributed by atoms with Crippen LogP contribution in [0.3, 0.4) is 0 Å². The SMILES string of the molecule is CCCCCCC(=O)O[C@]1(CC)C(=O)OCc2c1cc1n(c2=O)Cc2cc3c(CN(C)C)c(O)ccc3nc2-1. The molecule has 3 aromatic rings. The molecule has 1 aromatic carbocycles. The fourth-order valence-corrected chi connectivity index (χ4v) is 5.68. The molecular weight excluding hydrogens is 498 g/mol. The van der Waals surface area contributed by atoms with Gasteiger partial charge in [-0.3, -0.25) is 9.59 Å². The van der Waals surface area contributed by atoms with E-state index in [1.165, 1.54) is 0 Å². The zero-order valence-corrected chi connectivity index (χ0v) is 23.0. The first kappa shape index (κ1) is 26.9. The lowest BCUT2D eigenvalue weighted by molar-refractivity contribution is -0.189. The Balaban J connectivity index is 1.60. The average molecular weight is 534 g/mol. The van der Waals surface area contributed by atoms with Crippen molar-refractivity contribution in [3.63, 3.8) is 0 Å². The molecule has 0 fully saturated rings. The zero-order chi connectivity index (χ0) is 27.9. The van der Waals surface area contributed by atoms with Crippen molar-refractivity contribution in [2.45, 2.75) is 77.7 Å². The number of carbonyl (C=O) groups excluding carboxylic acids is 2. The molecule has 0 unspecified atom stereocenters. The number of ether oxygens (including phenoxy) is 2. The molecular formula is C30H35N3O6. The monoisotopic (exact) mass is 533 g/mol. The largest absolute Gasteiger partial charge is 0.508 e. The van der Waals surface area contributed by atoms with Crippen LogP contribution in [0.15, 0.2) is 29.1 Å². The van der Waals surface area contributed by atoms with E-state index in [0.717, 1.165) is 35.8 Å². The Labute approximate surface area is 227 Å². The summed E-state index contributed by atoms with van der Waals surface area (Å²) in [5.41, 5.74) is 2.26. The Hall–Kier alpha value is -3.72. The third kappa shape index (κ3) is 4.58. The number of hydrogen-bond acceptors (Lipinski definition) is 8. The smallest absolute Gasteiger partial charge is 0.355 e. The van der Waals surface area contributed by atoms with Gasteiger partial charge in [0.05, 0.1) is 29.0 Å². The normalized spacial score (nSPS) is 17.6. The molecule has 0 radical (unpaired) electrons. The number of benzene rings is 1. The lowest BCUT2D eigenvalue weighted by Gasteiger charge is -2.35. The second-order valence-corrected chi connectivity index (χ2v) is 10.7. The lowest BCUT2D eigenvalue weighted by Crippen LogP contribution is -2.47. The lowest BCUT2D eigenvalue weighted by atomic mass is 9.85. The Morgan fingerprint density at radius 1 is 1.18 bits per heavy atom. The molecule has 206 valence electrons. The average Bonchev–Trinajstić information content (AvgIpc) is 3.27. The number of phenolic OH excluding ortho intramolecular Hbond substituents is 1. The van der Waals surface area contributed by atoms with Crippen LogP contribution in [-0.4, -0.2) is 45.6 Å². The summed E-state index contributed by atoms with van der Waals surface area (Å²) in [6.07, 6.45) is 4.01. The minimum atomic E-state index is -1.67. The van der Waals surface area contributed by atoms with Gasteiger partial charge in [-0.25, -0.2) is 9.78 Å². The highest BCUT2D eigenvalue weighted by atomic mass is 16.6. The van der Waals surface area contributed by atoms with Gasteiger partial charge in [-0.05, 0) is 51.2 Å². The standard InChI is InChI=1S/C30H35N3O6/c1-5-7-8-9-10-26(35)39-30(6-2)22-14-24-27-18(15-33(24)28(36)21(22)17-38-29(30)37)13-19-20(16-32(3)4)25(34)12-11-23(19)31-27/h11-14,34H,5-10,15-17H2,1-4H3/t30-/m0/s1. The number of esters is 2. The molecule has 0 saturated carbocycles. The summed E-state index contributed by atoms with van der Waals surface area (Å²) < 4.78 is 12.9. The number of hydrogen-bond donors (Lipinski definition) is 1. The fourth-order valence-electron chi connectivity index (χ4n) is 5.68. The number of cyclic esters (lactones) is 1. The quantitative estimate of drug-likeness (QED) is 0.249. The summed E-state index contributed by atoms with van der Waals surface area (Å²) in [6, 6.07) is 7.15. The third-order valence-electron chi connectivity index (χ3n) is 7.74. The number of pyridine rings is 2. The number of aromatic hydroxyl groups is 1. The summed E-state index contributed by atoms with van der Waals surface area (Å²) in [4.78, 5) is 46.6. The van der Waals surface area contributed by atoms with Crippen molar-refractivity contribution < 1.29 is 24.2 Å². The van der Waals surface area contributed by atoms with Crippen LogP contribution in [0.1, 0.15) is 74.6 Å². The van der Waals surface area contributed by atoms with Crippen LogP contribution in [0.4, 0.5) is 0 Å². The van der Waals surface area contributed by atoms with Crippen molar-refractivity contribution in [2.24, 2.45) is 0 Å². The molecule has 0 bridgehead atoms. The molecule has 39 heavy (non-hydrogen) atoms. The van der Waals surface area contributed by atoms with Gasteiger partial charge in [0.2, 0.25) is 5.60 Å². The Bertz CT molecular complexity index is 1530. The first-order chi connectivity index (χ1) is 18.7. The van der Waals surface area contributed by atoms with Gasteiger partial charge in [-0.15, -0.1) is 0 Å². The van der Waals surface area contributed by atoms with Gasteiger partial charge in [0.25, 0.3) is 5.56 Å². The molecule has 1 atom stereocenters. The molecule has 2 aromatic heterocycles. The zero-order valence-electron chi connectivity index (χ0n) is 23.0. The molecule has 0 saturated heterocycles. The van der Waals surface area contributed by atoms with Crippen molar-refractivity contribution in [3.8, 4) is 17.1 Å². The summed E-state index contributed by atoms with van der Waals surface area (Å²) in [7, 11) is 3.86. The maximum absolute atomic E-state index is 13.7. The van der Waals surface area contributed by atoms with Gasteiger partial charge in [0.1, 0.15) is 12.4 Å². The number of phenols is 1. The summed E-state index contributed by atoms with van der Waals surface area (Å²) in [5, 5.41) is 11.4. The topological polar surface area (TPSA) is 111 Å². The third-order valence-corrected chi connectivity index (χ3v) is 7.74. The fraction of sp³-hybridized carbons (Fsp3) is 0.467. The van der Waals surface area contributed by atoms with Crippen molar-refractivity contribution in [3.05, 3.63) is 56.9 Å². The molecule has 2 aliphatic rings. The highest BCUT2D eigenvalue weighted by molar-refractivity contribution is 5.90. The molecule has 9 nitrogen and oxygen atoms in total. The van der Waals surface area contributed by atoms with E-state index in [2.05, 4.69) is 6.92 Å². The molecule has 1 N–H and O–H groups in total. The summed E-state index contributed by atoms with van der Waals surface area (Å²) in [5.74, 6) is -0.936. The van der Waals surface area contributed by atoms with Crippen LogP contribution in [0.25, 0.3) is 22.3 Å². The Kier molecular flexibility index (Phi) is 7.20. The second kappa shape index (κ2) is 10.4. The van der Waals surface area contributed by atoms with Gasteiger partial charge in [0.15, 0.2) is 0 Å². The highest BCUT2D eigenvalue weighted by Gasteiger charge is 2.50. The summed E-state index contributed by atoms with van der Waals surface area (Å²) in [6.45, 7) is 4.52. The van der Waals surface area contributed by atoms with Crippen LogP contribution in [0, 0.1) is 0 Å². The molecule has 0 spiro atoms. The van der Waals surface area contributed by atoms with Crippen LogP contribution >= 0.6 is 0 Å². The van der Waals surface area contributed by atoms with Crippen molar-refractivity contribution in [2.75, 3.05) is 14.1 Å². The van der Waals surface area contributed by atoms with E-state index >= 15 is 0 Å². The number of aromatic nitrogens is 2. The van der Waals surface area contributed by atoms with Crippen molar-refractivity contribution >= 4 is 22.8 Å². The predicted molar refractivity (Wildman–Crippen MR) is 146 cm³/mol. The number of carbonyl (C=O) groups is 2.